The van der Waals surface area contributed by atoms with E-state index in [1.54, 1.807) is 0 Å². The van der Waals surface area contributed by atoms with E-state index in [2.05, 4.69) is 32.6 Å². The Morgan fingerprint density at radius 2 is 1.47 bits per heavy atom. The van der Waals surface area contributed by atoms with Gasteiger partial charge in [0.05, 0.1) is 6.10 Å². The van der Waals surface area contributed by atoms with Crippen LogP contribution < -0.4 is 0 Å². The summed E-state index contributed by atoms with van der Waals surface area (Å²) in [5.41, 5.74) is 0. The standard InChI is InChI=1S/C17H35NO/c1-14(2)9-11-18(12-10-15(3)4)13-16-7-5-6-8-17(16)19/h14-17,19H,5-13H2,1-4H3. The summed E-state index contributed by atoms with van der Waals surface area (Å²) in [6.07, 6.45) is 7.28. The minimum atomic E-state index is -0.0469. The van der Waals surface area contributed by atoms with Gasteiger partial charge in [0, 0.05) is 6.54 Å². The molecule has 1 N–H and O–H groups in total. The van der Waals surface area contributed by atoms with Crippen molar-refractivity contribution in [2.75, 3.05) is 19.6 Å². The van der Waals surface area contributed by atoms with E-state index in [9.17, 15) is 5.11 Å². The number of rotatable bonds is 8. The lowest BCUT2D eigenvalue weighted by molar-refractivity contribution is 0.0445. The molecule has 19 heavy (non-hydrogen) atoms. The molecule has 0 aromatic carbocycles. The van der Waals surface area contributed by atoms with Crippen LogP contribution in [-0.2, 0) is 0 Å². The minimum Gasteiger partial charge on any atom is -0.393 e. The fourth-order valence-corrected chi connectivity index (χ4v) is 2.91. The lowest BCUT2D eigenvalue weighted by Gasteiger charge is -2.33. The van der Waals surface area contributed by atoms with Gasteiger partial charge in [0.15, 0.2) is 0 Å². The van der Waals surface area contributed by atoms with Gasteiger partial charge in [-0.25, -0.2) is 0 Å². The first kappa shape index (κ1) is 17.0. The molecule has 1 aliphatic rings. The molecule has 2 heteroatoms. The largest absolute Gasteiger partial charge is 0.393 e. The van der Waals surface area contributed by atoms with Gasteiger partial charge in [-0.3, -0.25) is 0 Å². The molecule has 0 aromatic rings. The van der Waals surface area contributed by atoms with Gasteiger partial charge in [0.1, 0.15) is 0 Å². The van der Waals surface area contributed by atoms with Crippen molar-refractivity contribution < 1.29 is 5.11 Å². The molecule has 2 nitrogen and oxygen atoms in total. The normalized spacial score (nSPS) is 24.6. The molecule has 1 saturated carbocycles. The second-order valence-corrected chi connectivity index (χ2v) is 7.28. The molecule has 0 radical (unpaired) electrons. The maximum absolute atomic E-state index is 10.1. The predicted molar refractivity (Wildman–Crippen MR) is 83.3 cm³/mol. The summed E-state index contributed by atoms with van der Waals surface area (Å²) in [5, 5.41) is 10.1. The van der Waals surface area contributed by atoms with Gasteiger partial charge in [-0.2, -0.15) is 0 Å². The molecule has 0 amide bonds. The van der Waals surface area contributed by atoms with E-state index in [0.717, 1.165) is 24.8 Å². The second kappa shape index (κ2) is 8.97. The maximum atomic E-state index is 10.1. The summed E-state index contributed by atoms with van der Waals surface area (Å²) < 4.78 is 0. The number of hydrogen-bond donors (Lipinski definition) is 1. The van der Waals surface area contributed by atoms with Gasteiger partial charge >= 0.3 is 0 Å². The lowest BCUT2D eigenvalue weighted by Crippen LogP contribution is -2.38. The van der Waals surface area contributed by atoms with Gasteiger partial charge < -0.3 is 10.0 Å². The third-order valence-electron chi connectivity index (χ3n) is 4.41. The van der Waals surface area contributed by atoms with Crippen molar-refractivity contribution >= 4 is 0 Å². The van der Waals surface area contributed by atoms with Crippen molar-refractivity contribution in [3.63, 3.8) is 0 Å². The SMILES string of the molecule is CC(C)CCN(CCC(C)C)CC1CCCCC1O. The van der Waals surface area contributed by atoms with E-state index >= 15 is 0 Å². The van der Waals surface area contributed by atoms with Gasteiger partial charge in [0.2, 0.25) is 0 Å². The van der Waals surface area contributed by atoms with Crippen molar-refractivity contribution in [3.05, 3.63) is 0 Å². The molecule has 114 valence electrons. The highest BCUT2D eigenvalue weighted by atomic mass is 16.3. The molecule has 2 unspecified atom stereocenters. The van der Waals surface area contributed by atoms with E-state index in [0.29, 0.717) is 5.92 Å². The van der Waals surface area contributed by atoms with E-state index < -0.39 is 0 Å². The van der Waals surface area contributed by atoms with Crippen LogP contribution in [0, 0.1) is 17.8 Å². The molecular formula is C17H35NO. The first-order chi connectivity index (χ1) is 8.99. The average molecular weight is 269 g/mol. The molecule has 0 aliphatic heterocycles. The monoisotopic (exact) mass is 269 g/mol. The summed E-state index contributed by atoms with van der Waals surface area (Å²) in [6.45, 7) is 12.7. The van der Waals surface area contributed by atoms with Gasteiger partial charge in [0.25, 0.3) is 0 Å². The van der Waals surface area contributed by atoms with Gasteiger partial charge in [-0.15, -0.1) is 0 Å². The Morgan fingerprint density at radius 1 is 0.947 bits per heavy atom. The van der Waals surface area contributed by atoms with E-state index in [4.69, 9.17) is 0 Å². The van der Waals surface area contributed by atoms with Crippen LogP contribution in [0.25, 0.3) is 0 Å². The molecule has 0 aromatic heterocycles. The van der Waals surface area contributed by atoms with Crippen molar-refractivity contribution in [2.45, 2.75) is 72.3 Å². The van der Waals surface area contributed by atoms with E-state index in [1.165, 1.54) is 45.2 Å². The summed E-state index contributed by atoms with van der Waals surface area (Å²) in [4.78, 5) is 2.61. The van der Waals surface area contributed by atoms with Crippen LogP contribution in [0.1, 0.15) is 66.2 Å². The molecule has 0 bridgehead atoms. The van der Waals surface area contributed by atoms with Crippen LogP contribution in [0.15, 0.2) is 0 Å². The maximum Gasteiger partial charge on any atom is 0.0580 e. The van der Waals surface area contributed by atoms with Crippen LogP contribution in [0.3, 0.4) is 0 Å². The highest BCUT2D eigenvalue weighted by Gasteiger charge is 2.25. The smallest absolute Gasteiger partial charge is 0.0580 e. The fourth-order valence-electron chi connectivity index (χ4n) is 2.91. The molecule has 0 saturated heterocycles. The third-order valence-corrected chi connectivity index (χ3v) is 4.41. The van der Waals surface area contributed by atoms with Crippen molar-refractivity contribution in [2.24, 2.45) is 17.8 Å². The van der Waals surface area contributed by atoms with Crippen LogP contribution in [0.2, 0.25) is 0 Å². The second-order valence-electron chi connectivity index (χ2n) is 7.28. The molecule has 0 heterocycles. The number of nitrogens with zero attached hydrogens (tertiary/aromatic N) is 1. The molecular weight excluding hydrogens is 234 g/mol. The quantitative estimate of drug-likeness (QED) is 0.721. The summed E-state index contributed by atoms with van der Waals surface area (Å²) >= 11 is 0. The van der Waals surface area contributed by atoms with E-state index in [1.807, 2.05) is 0 Å². The molecule has 0 spiro atoms. The zero-order chi connectivity index (χ0) is 14.3. The minimum absolute atomic E-state index is 0.0469. The summed E-state index contributed by atoms with van der Waals surface area (Å²) in [5.74, 6) is 2.07. The Balaban J connectivity index is 2.41. The Bertz CT molecular complexity index is 215. The predicted octanol–water partition coefficient (Wildman–Crippen LogP) is 3.93. The lowest BCUT2D eigenvalue weighted by atomic mass is 9.86. The number of aliphatic hydroxyl groups is 1. The van der Waals surface area contributed by atoms with Crippen molar-refractivity contribution in [3.8, 4) is 0 Å². The van der Waals surface area contributed by atoms with Gasteiger partial charge in [-0.1, -0.05) is 40.5 Å². The topological polar surface area (TPSA) is 23.5 Å². The highest BCUT2D eigenvalue weighted by Crippen LogP contribution is 2.25. The van der Waals surface area contributed by atoms with Crippen molar-refractivity contribution in [1.29, 1.82) is 0 Å². The summed E-state index contributed by atoms with van der Waals surface area (Å²) in [6, 6.07) is 0. The Kier molecular flexibility index (Phi) is 8.01. The van der Waals surface area contributed by atoms with Crippen LogP contribution in [-0.4, -0.2) is 35.7 Å². The highest BCUT2D eigenvalue weighted by molar-refractivity contribution is 4.78. The summed E-state index contributed by atoms with van der Waals surface area (Å²) in [7, 11) is 0. The molecule has 1 rings (SSSR count). The Hall–Kier alpha value is -0.0800. The number of hydrogen-bond acceptors (Lipinski definition) is 2. The van der Waals surface area contributed by atoms with Crippen LogP contribution >= 0.6 is 0 Å². The first-order valence-electron chi connectivity index (χ1n) is 8.39. The first-order valence-corrected chi connectivity index (χ1v) is 8.39. The third kappa shape index (κ3) is 7.31. The fraction of sp³-hybridized carbons (Fsp3) is 1.00. The van der Waals surface area contributed by atoms with E-state index in [-0.39, 0.29) is 6.10 Å². The Morgan fingerprint density at radius 3 is 1.95 bits per heavy atom. The molecule has 2 atom stereocenters. The van der Waals surface area contributed by atoms with Gasteiger partial charge in [-0.05, 0) is 56.5 Å². The average Bonchev–Trinajstić information content (AvgIpc) is 2.34. The van der Waals surface area contributed by atoms with Crippen LogP contribution in [0.4, 0.5) is 0 Å². The molecule has 1 aliphatic carbocycles. The number of aliphatic hydroxyl groups excluding tert-OH is 1. The van der Waals surface area contributed by atoms with Crippen molar-refractivity contribution in [1.82, 2.24) is 4.90 Å². The Labute approximate surface area is 120 Å². The zero-order valence-corrected chi connectivity index (χ0v) is 13.6. The van der Waals surface area contributed by atoms with Crippen LogP contribution in [0.5, 0.6) is 0 Å². The molecule has 1 fully saturated rings. The zero-order valence-electron chi connectivity index (χ0n) is 13.6.